The van der Waals surface area contributed by atoms with Crippen LogP contribution >= 0.6 is 27.7 Å². The SMILES string of the molecule is CCCc1nc(Br)cc(Sc2ccc(C)c(C)c2)n1. The number of benzene rings is 1. The molecule has 0 aliphatic rings. The summed E-state index contributed by atoms with van der Waals surface area (Å²) in [6, 6.07) is 8.47. The van der Waals surface area contributed by atoms with E-state index in [1.807, 2.05) is 6.07 Å². The fraction of sp³-hybridized carbons (Fsp3) is 0.333. The number of hydrogen-bond donors (Lipinski definition) is 0. The zero-order valence-electron chi connectivity index (χ0n) is 11.4. The van der Waals surface area contributed by atoms with Crippen LogP contribution in [0.2, 0.25) is 0 Å². The molecule has 1 aromatic carbocycles. The second-order valence-electron chi connectivity index (χ2n) is 4.54. The van der Waals surface area contributed by atoms with Gasteiger partial charge in [-0.15, -0.1) is 0 Å². The zero-order valence-corrected chi connectivity index (χ0v) is 13.8. The highest BCUT2D eigenvalue weighted by atomic mass is 79.9. The summed E-state index contributed by atoms with van der Waals surface area (Å²) in [7, 11) is 0. The Morgan fingerprint density at radius 2 is 1.89 bits per heavy atom. The van der Waals surface area contributed by atoms with Gasteiger partial charge in [0.25, 0.3) is 0 Å². The monoisotopic (exact) mass is 336 g/mol. The molecule has 19 heavy (non-hydrogen) atoms. The van der Waals surface area contributed by atoms with Gasteiger partial charge in [0, 0.05) is 17.4 Å². The van der Waals surface area contributed by atoms with Crippen LogP contribution in [-0.2, 0) is 6.42 Å². The number of nitrogens with zero attached hydrogens (tertiary/aromatic N) is 2. The van der Waals surface area contributed by atoms with Gasteiger partial charge in [-0.05, 0) is 59.5 Å². The number of halogens is 1. The Morgan fingerprint density at radius 3 is 2.58 bits per heavy atom. The summed E-state index contributed by atoms with van der Waals surface area (Å²) in [5.74, 6) is 0.906. The van der Waals surface area contributed by atoms with Gasteiger partial charge in [0.05, 0.1) is 0 Å². The second kappa shape index (κ2) is 6.53. The number of aryl methyl sites for hydroxylation is 3. The molecule has 0 aliphatic heterocycles. The Bertz CT molecular complexity index is 584. The largest absolute Gasteiger partial charge is 0.226 e. The molecule has 0 aliphatic carbocycles. The molecule has 0 saturated carbocycles. The Morgan fingerprint density at radius 1 is 1.11 bits per heavy atom. The molecule has 4 heteroatoms. The lowest BCUT2D eigenvalue weighted by Crippen LogP contribution is -1.96. The topological polar surface area (TPSA) is 25.8 Å². The van der Waals surface area contributed by atoms with Gasteiger partial charge in [-0.2, -0.15) is 0 Å². The molecule has 0 fully saturated rings. The maximum atomic E-state index is 4.59. The second-order valence-corrected chi connectivity index (χ2v) is 6.45. The average molecular weight is 337 g/mol. The molecular weight excluding hydrogens is 320 g/mol. The van der Waals surface area contributed by atoms with Crippen molar-refractivity contribution in [1.29, 1.82) is 0 Å². The molecule has 2 rings (SSSR count). The van der Waals surface area contributed by atoms with Crippen LogP contribution in [0.3, 0.4) is 0 Å². The van der Waals surface area contributed by atoms with E-state index in [0.717, 1.165) is 28.3 Å². The van der Waals surface area contributed by atoms with E-state index in [2.05, 4.69) is 64.9 Å². The smallest absolute Gasteiger partial charge is 0.130 e. The van der Waals surface area contributed by atoms with Crippen molar-refractivity contribution >= 4 is 27.7 Å². The van der Waals surface area contributed by atoms with Crippen molar-refractivity contribution in [1.82, 2.24) is 9.97 Å². The first-order chi connectivity index (χ1) is 9.08. The van der Waals surface area contributed by atoms with Crippen LogP contribution in [0.15, 0.2) is 38.8 Å². The zero-order chi connectivity index (χ0) is 13.8. The van der Waals surface area contributed by atoms with Gasteiger partial charge in [0.2, 0.25) is 0 Å². The minimum absolute atomic E-state index is 0.859. The van der Waals surface area contributed by atoms with E-state index in [1.165, 1.54) is 16.0 Å². The van der Waals surface area contributed by atoms with Crippen molar-refractivity contribution in [2.45, 2.75) is 43.5 Å². The van der Waals surface area contributed by atoms with Gasteiger partial charge in [0.1, 0.15) is 15.5 Å². The quantitative estimate of drug-likeness (QED) is 0.738. The van der Waals surface area contributed by atoms with E-state index in [-0.39, 0.29) is 0 Å². The summed E-state index contributed by atoms with van der Waals surface area (Å²) < 4.78 is 0.859. The summed E-state index contributed by atoms with van der Waals surface area (Å²) >= 11 is 5.14. The van der Waals surface area contributed by atoms with Crippen molar-refractivity contribution < 1.29 is 0 Å². The standard InChI is InChI=1S/C15H17BrN2S/c1-4-5-14-17-13(16)9-15(18-14)19-12-7-6-10(2)11(3)8-12/h6-9H,4-5H2,1-3H3. The lowest BCUT2D eigenvalue weighted by molar-refractivity contribution is 0.803. The molecule has 2 nitrogen and oxygen atoms in total. The normalized spacial score (nSPS) is 10.7. The predicted molar refractivity (Wildman–Crippen MR) is 83.8 cm³/mol. The van der Waals surface area contributed by atoms with Gasteiger partial charge in [-0.1, -0.05) is 24.8 Å². The molecule has 1 heterocycles. The molecule has 0 radical (unpaired) electrons. The highest BCUT2D eigenvalue weighted by Crippen LogP contribution is 2.29. The van der Waals surface area contributed by atoms with E-state index < -0.39 is 0 Å². The lowest BCUT2D eigenvalue weighted by atomic mass is 10.1. The van der Waals surface area contributed by atoms with Crippen molar-refractivity contribution in [3.05, 3.63) is 45.8 Å². The fourth-order valence-electron chi connectivity index (χ4n) is 1.73. The van der Waals surface area contributed by atoms with E-state index in [4.69, 9.17) is 0 Å². The average Bonchev–Trinajstić information content (AvgIpc) is 2.33. The first kappa shape index (κ1) is 14.5. The van der Waals surface area contributed by atoms with Gasteiger partial charge < -0.3 is 0 Å². The van der Waals surface area contributed by atoms with Crippen LogP contribution in [0.5, 0.6) is 0 Å². The van der Waals surface area contributed by atoms with Crippen LogP contribution in [0.1, 0.15) is 30.3 Å². The molecule has 0 amide bonds. The fourth-order valence-corrected chi connectivity index (χ4v) is 3.24. The third-order valence-electron chi connectivity index (χ3n) is 2.89. The molecule has 0 spiro atoms. The minimum atomic E-state index is 0.859. The molecule has 0 atom stereocenters. The maximum absolute atomic E-state index is 4.59. The van der Waals surface area contributed by atoms with Gasteiger partial charge in [-0.3, -0.25) is 0 Å². The summed E-state index contributed by atoms with van der Waals surface area (Å²) in [5.41, 5.74) is 2.63. The third kappa shape index (κ3) is 4.05. The molecule has 100 valence electrons. The van der Waals surface area contributed by atoms with Crippen LogP contribution < -0.4 is 0 Å². The van der Waals surface area contributed by atoms with Crippen LogP contribution in [-0.4, -0.2) is 9.97 Å². The van der Waals surface area contributed by atoms with Crippen LogP contribution in [0.4, 0.5) is 0 Å². The lowest BCUT2D eigenvalue weighted by Gasteiger charge is -2.06. The van der Waals surface area contributed by atoms with Crippen LogP contribution in [0, 0.1) is 13.8 Å². The molecule has 0 bridgehead atoms. The first-order valence-electron chi connectivity index (χ1n) is 6.37. The number of aromatic nitrogens is 2. The molecular formula is C15H17BrN2S. The Hall–Kier alpha value is -0.870. The molecule has 0 N–H and O–H groups in total. The molecule has 2 aromatic rings. The van der Waals surface area contributed by atoms with Gasteiger partial charge >= 0.3 is 0 Å². The van der Waals surface area contributed by atoms with Crippen molar-refractivity contribution in [3.8, 4) is 0 Å². The van der Waals surface area contributed by atoms with Gasteiger partial charge in [0.15, 0.2) is 0 Å². The van der Waals surface area contributed by atoms with Crippen molar-refractivity contribution in [2.75, 3.05) is 0 Å². The summed E-state index contributed by atoms with van der Waals surface area (Å²) in [6.45, 7) is 6.41. The number of hydrogen-bond acceptors (Lipinski definition) is 3. The maximum Gasteiger partial charge on any atom is 0.130 e. The Kier molecular flexibility index (Phi) is 4.99. The Labute approximate surface area is 127 Å². The van der Waals surface area contributed by atoms with Crippen molar-refractivity contribution in [3.63, 3.8) is 0 Å². The molecule has 0 saturated heterocycles. The number of rotatable bonds is 4. The Balaban J connectivity index is 2.24. The highest BCUT2D eigenvalue weighted by molar-refractivity contribution is 9.10. The van der Waals surface area contributed by atoms with Crippen molar-refractivity contribution in [2.24, 2.45) is 0 Å². The molecule has 1 aromatic heterocycles. The van der Waals surface area contributed by atoms with Gasteiger partial charge in [-0.25, -0.2) is 9.97 Å². The minimum Gasteiger partial charge on any atom is -0.226 e. The van der Waals surface area contributed by atoms with E-state index in [1.54, 1.807) is 11.8 Å². The van der Waals surface area contributed by atoms with E-state index >= 15 is 0 Å². The highest BCUT2D eigenvalue weighted by Gasteiger charge is 2.05. The van der Waals surface area contributed by atoms with Crippen LogP contribution in [0.25, 0.3) is 0 Å². The summed E-state index contributed by atoms with van der Waals surface area (Å²) in [6.07, 6.45) is 1.98. The van der Waals surface area contributed by atoms with E-state index in [0.29, 0.717) is 0 Å². The predicted octanol–water partition coefficient (Wildman–Crippen LogP) is 4.96. The molecule has 0 unspecified atom stereocenters. The third-order valence-corrected chi connectivity index (χ3v) is 4.21. The summed E-state index contributed by atoms with van der Waals surface area (Å²) in [5, 5.41) is 0.994. The summed E-state index contributed by atoms with van der Waals surface area (Å²) in [4.78, 5) is 10.2. The first-order valence-corrected chi connectivity index (χ1v) is 7.98. The van der Waals surface area contributed by atoms with E-state index in [9.17, 15) is 0 Å².